The van der Waals surface area contributed by atoms with Gasteiger partial charge in [-0.2, -0.15) is 0 Å². The van der Waals surface area contributed by atoms with Gasteiger partial charge in [0, 0.05) is 18.2 Å². The van der Waals surface area contributed by atoms with E-state index in [0.717, 1.165) is 25.5 Å². The Balaban J connectivity index is 2.51. The minimum atomic E-state index is -0.325. The van der Waals surface area contributed by atoms with Crippen LogP contribution in [0.1, 0.15) is 19.8 Å². The predicted octanol–water partition coefficient (Wildman–Crippen LogP) is 2.40. The third kappa shape index (κ3) is 4.34. The lowest BCUT2D eigenvalue weighted by Gasteiger charge is -2.17. The van der Waals surface area contributed by atoms with E-state index in [1.165, 1.54) is 17.0 Å². The number of carbonyl (C=O) groups is 2. The lowest BCUT2D eigenvalue weighted by atomic mass is 10.1. The normalized spacial score (nSPS) is 11.9. The van der Waals surface area contributed by atoms with Gasteiger partial charge in [0.1, 0.15) is 12.1 Å². The van der Waals surface area contributed by atoms with Crippen molar-refractivity contribution in [1.82, 2.24) is 0 Å². The van der Waals surface area contributed by atoms with Crippen LogP contribution in [0.4, 0.5) is 10.1 Å². The first-order valence-electron chi connectivity index (χ1n) is 5.60. The van der Waals surface area contributed by atoms with Crippen LogP contribution in [-0.4, -0.2) is 19.2 Å². The van der Waals surface area contributed by atoms with E-state index in [2.05, 4.69) is 0 Å². The second kappa shape index (κ2) is 6.78. The van der Waals surface area contributed by atoms with Gasteiger partial charge in [0.15, 0.2) is 0 Å². The minimum absolute atomic E-state index is 0.0109. The van der Waals surface area contributed by atoms with Crippen LogP contribution in [-0.2, 0) is 9.59 Å². The number of nitrogens with zero attached hydrogens (tertiary/aromatic N) is 1. The van der Waals surface area contributed by atoms with Crippen molar-refractivity contribution in [2.75, 3.05) is 11.4 Å². The number of amides is 1. The topological polar surface area (TPSA) is 37.4 Å². The Kier molecular flexibility index (Phi) is 5.33. The molecule has 0 aliphatic heterocycles. The van der Waals surface area contributed by atoms with Gasteiger partial charge in [-0.1, -0.05) is 6.92 Å². The zero-order chi connectivity index (χ0) is 12.7. The first-order chi connectivity index (χ1) is 8.17. The standard InChI is InChI=1S/C13H16FNO2/c1-11(9-16)3-2-8-15(10-17)13-6-4-12(14)5-7-13/h4-7,9-11H,2-3,8H2,1H3. The maximum Gasteiger partial charge on any atom is 0.214 e. The molecule has 1 unspecified atom stereocenters. The lowest BCUT2D eigenvalue weighted by Crippen LogP contribution is -2.22. The molecule has 0 heterocycles. The molecule has 0 aliphatic carbocycles. The van der Waals surface area contributed by atoms with Crippen LogP contribution in [0.25, 0.3) is 0 Å². The van der Waals surface area contributed by atoms with E-state index in [1.807, 2.05) is 6.92 Å². The van der Waals surface area contributed by atoms with E-state index >= 15 is 0 Å². The van der Waals surface area contributed by atoms with E-state index in [9.17, 15) is 14.0 Å². The molecule has 3 nitrogen and oxygen atoms in total. The van der Waals surface area contributed by atoms with Gasteiger partial charge in [0.2, 0.25) is 6.41 Å². The van der Waals surface area contributed by atoms with Crippen molar-refractivity contribution in [2.45, 2.75) is 19.8 Å². The molecule has 1 atom stereocenters. The second-order valence-corrected chi connectivity index (χ2v) is 4.03. The van der Waals surface area contributed by atoms with E-state index in [4.69, 9.17) is 0 Å². The molecule has 1 aromatic rings. The molecule has 1 amide bonds. The van der Waals surface area contributed by atoms with E-state index in [1.54, 1.807) is 12.1 Å². The smallest absolute Gasteiger partial charge is 0.214 e. The van der Waals surface area contributed by atoms with Crippen LogP contribution in [0, 0.1) is 11.7 Å². The molecule has 0 spiro atoms. The molecule has 0 bridgehead atoms. The number of halogens is 1. The molecule has 0 saturated heterocycles. The second-order valence-electron chi connectivity index (χ2n) is 4.03. The Bertz CT molecular complexity index is 364. The summed E-state index contributed by atoms with van der Waals surface area (Å²) in [5, 5.41) is 0. The molecule has 4 heteroatoms. The van der Waals surface area contributed by atoms with Crippen LogP contribution >= 0.6 is 0 Å². The number of hydrogen-bond acceptors (Lipinski definition) is 2. The molecule has 92 valence electrons. The molecule has 1 aromatic carbocycles. The first-order valence-corrected chi connectivity index (χ1v) is 5.60. The summed E-state index contributed by atoms with van der Waals surface area (Å²) in [6, 6.07) is 5.76. The fourth-order valence-corrected chi connectivity index (χ4v) is 1.53. The fraction of sp³-hybridized carbons (Fsp3) is 0.385. The maximum absolute atomic E-state index is 12.7. The summed E-state index contributed by atoms with van der Waals surface area (Å²) < 4.78 is 12.7. The Morgan fingerprint density at radius 1 is 1.29 bits per heavy atom. The molecular formula is C13H16FNO2. The molecule has 0 saturated carbocycles. The Hall–Kier alpha value is -1.71. The summed E-state index contributed by atoms with van der Waals surface area (Å²) in [6.07, 6.45) is 3.12. The minimum Gasteiger partial charge on any atom is -0.315 e. The van der Waals surface area contributed by atoms with Gasteiger partial charge in [-0.15, -0.1) is 0 Å². The number of benzene rings is 1. The van der Waals surface area contributed by atoms with Crippen LogP contribution in [0.15, 0.2) is 24.3 Å². The SMILES string of the molecule is CC(C=O)CCCN(C=O)c1ccc(F)cc1. The lowest BCUT2D eigenvalue weighted by molar-refractivity contribution is -0.110. The van der Waals surface area contributed by atoms with Crippen molar-refractivity contribution in [3.63, 3.8) is 0 Å². The Morgan fingerprint density at radius 2 is 1.94 bits per heavy atom. The first kappa shape index (κ1) is 13.4. The van der Waals surface area contributed by atoms with Crippen molar-refractivity contribution in [3.8, 4) is 0 Å². The number of anilines is 1. The monoisotopic (exact) mass is 237 g/mol. The molecular weight excluding hydrogens is 221 g/mol. The van der Waals surface area contributed by atoms with Gasteiger partial charge in [0.25, 0.3) is 0 Å². The molecule has 0 N–H and O–H groups in total. The quantitative estimate of drug-likeness (QED) is 0.683. The van der Waals surface area contributed by atoms with E-state index < -0.39 is 0 Å². The highest BCUT2D eigenvalue weighted by Crippen LogP contribution is 2.14. The number of rotatable bonds is 7. The molecule has 0 aromatic heterocycles. The predicted molar refractivity (Wildman–Crippen MR) is 64.3 cm³/mol. The molecule has 0 fully saturated rings. The van der Waals surface area contributed by atoms with Gasteiger partial charge in [-0.05, 0) is 37.1 Å². The zero-order valence-corrected chi connectivity index (χ0v) is 9.80. The average Bonchev–Trinajstić information content (AvgIpc) is 2.35. The molecule has 0 aliphatic rings. The molecule has 17 heavy (non-hydrogen) atoms. The summed E-state index contributed by atoms with van der Waals surface area (Å²) in [5.41, 5.74) is 0.667. The van der Waals surface area contributed by atoms with Crippen molar-refractivity contribution in [2.24, 2.45) is 5.92 Å². The highest BCUT2D eigenvalue weighted by atomic mass is 19.1. The Morgan fingerprint density at radius 3 is 2.47 bits per heavy atom. The van der Waals surface area contributed by atoms with Gasteiger partial charge >= 0.3 is 0 Å². The maximum atomic E-state index is 12.7. The van der Waals surface area contributed by atoms with Gasteiger partial charge in [0.05, 0.1) is 0 Å². The van der Waals surface area contributed by atoms with Crippen LogP contribution in [0.3, 0.4) is 0 Å². The van der Waals surface area contributed by atoms with Gasteiger partial charge in [-0.25, -0.2) is 4.39 Å². The van der Waals surface area contributed by atoms with Crippen LogP contribution in [0.5, 0.6) is 0 Å². The van der Waals surface area contributed by atoms with E-state index in [-0.39, 0.29) is 11.7 Å². The molecule has 0 radical (unpaired) electrons. The van der Waals surface area contributed by atoms with Crippen molar-refractivity contribution in [1.29, 1.82) is 0 Å². The van der Waals surface area contributed by atoms with Crippen molar-refractivity contribution < 1.29 is 14.0 Å². The Labute approximate surface area is 100 Å². The summed E-state index contributed by atoms with van der Waals surface area (Å²) in [6.45, 7) is 2.38. The number of hydrogen-bond donors (Lipinski definition) is 0. The highest BCUT2D eigenvalue weighted by molar-refractivity contribution is 5.74. The van der Waals surface area contributed by atoms with Crippen LogP contribution in [0.2, 0.25) is 0 Å². The average molecular weight is 237 g/mol. The fourth-order valence-electron chi connectivity index (χ4n) is 1.53. The largest absolute Gasteiger partial charge is 0.315 e. The van der Waals surface area contributed by atoms with Crippen molar-refractivity contribution in [3.05, 3.63) is 30.1 Å². The number of carbonyl (C=O) groups excluding carboxylic acids is 2. The third-order valence-corrected chi connectivity index (χ3v) is 2.58. The summed E-state index contributed by atoms with van der Waals surface area (Å²) >= 11 is 0. The van der Waals surface area contributed by atoms with Crippen LogP contribution < -0.4 is 4.90 Å². The summed E-state index contributed by atoms with van der Waals surface area (Å²) in [7, 11) is 0. The third-order valence-electron chi connectivity index (χ3n) is 2.58. The highest BCUT2D eigenvalue weighted by Gasteiger charge is 2.06. The zero-order valence-electron chi connectivity index (χ0n) is 9.80. The van der Waals surface area contributed by atoms with Crippen molar-refractivity contribution >= 4 is 18.4 Å². The van der Waals surface area contributed by atoms with Gasteiger partial charge < -0.3 is 9.69 Å². The summed E-state index contributed by atoms with van der Waals surface area (Å²) in [4.78, 5) is 22.8. The molecule has 1 rings (SSSR count). The summed E-state index contributed by atoms with van der Waals surface area (Å²) in [5.74, 6) is -0.314. The van der Waals surface area contributed by atoms with Gasteiger partial charge in [-0.3, -0.25) is 4.79 Å². The number of aldehydes is 1. The van der Waals surface area contributed by atoms with E-state index in [0.29, 0.717) is 12.2 Å².